The van der Waals surface area contributed by atoms with Gasteiger partial charge in [0, 0.05) is 125 Å². The molecule has 6 N–H and O–H groups in total. The predicted molar refractivity (Wildman–Crippen MR) is 377 cm³/mol. The fraction of sp³-hybridized carbons (Fsp3) is 0.353. The van der Waals surface area contributed by atoms with Crippen molar-refractivity contribution in [3.05, 3.63) is 146 Å². The number of carbonyl (C=O) groups is 4. The van der Waals surface area contributed by atoms with Crippen molar-refractivity contribution in [1.29, 1.82) is 0 Å². The topological polar surface area (TPSA) is 295 Å². The van der Waals surface area contributed by atoms with Gasteiger partial charge in [-0.15, -0.1) is 0 Å². The van der Waals surface area contributed by atoms with Crippen LogP contribution in [-0.2, 0) is 79.0 Å². The summed E-state index contributed by atoms with van der Waals surface area (Å²) >= 11 is 10.3. The van der Waals surface area contributed by atoms with Gasteiger partial charge in [0.05, 0.1) is 74.9 Å². The van der Waals surface area contributed by atoms with Crippen molar-refractivity contribution in [3.8, 4) is 51.7 Å². The van der Waals surface area contributed by atoms with Gasteiger partial charge in [-0.3, -0.25) is 19.2 Å². The van der Waals surface area contributed by atoms with Crippen molar-refractivity contribution in [2.75, 3.05) is 123 Å². The molecular formula is C68H92Br3NO21Pd2. The number of carboxylic acids is 4. The first-order valence-corrected chi connectivity index (χ1v) is 30.4. The second-order valence-corrected chi connectivity index (χ2v) is 20.3. The van der Waals surface area contributed by atoms with Gasteiger partial charge in [0.2, 0.25) is 0 Å². The van der Waals surface area contributed by atoms with Gasteiger partial charge < -0.3 is 87.7 Å². The van der Waals surface area contributed by atoms with E-state index in [2.05, 4.69) is 74.1 Å². The molecule has 0 saturated heterocycles. The SMILES string of the molecule is C=Cc1cc(OCCOC)c(/C=C/c2cc(OC)c(Br)cc2OCCOC)cc1OC.C=Cc1cc(OCCOC)c(C=C)cc1OC.C=Cc1ccc(OCCCCN)cc1.CC(=O)O.CC(=O)O.CC(=O)O.CC(=O)O.COCCOc1cc(Br)c(OC)cc1Br.[Pd].[Pd]. The van der Waals surface area contributed by atoms with E-state index in [1.54, 1.807) is 75.1 Å². The van der Waals surface area contributed by atoms with E-state index in [0.717, 1.165) is 129 Å². The molecule has 22 nitrogen and oxygen atoms in total. The van der Waals surface area contributed by atoms with Gasteiger partial charge in [-0.25, -0.2) is 0 Å². The molecule has 95 heavy (non-hydrogen) atoms. The van der Waals surface area contributed by atoms with Gasteiger partial charge in [0.25, 0.3) is 23.9 Å². The number of benzene rings is 5. The molecule has 5 aromatic rings. The number of hydrogen-bond acceptors (Lipinski definition) is 18. The zero-order valence-corrected chi connectivity index (χ0v) is 63.6. The summed E-state index contributed by atoms with van der Waals surface area (Å²) in [4.78, 5) is 36.0. The van der Waals surface area contributed by atoms with Crippen molar-refractivity contribution in [3.63, 3.8) is 0 Å². The molecule has 0 aromatic heterocycles. The van der Waals surface area contributed by atoms with Crippen LogP contribution in [0.15, 0.2) is 113 Å². The molecule has 0 aliphatic heterocycles. The summed E-state index contributed by atoms with van der Waals surface area (Å²) in [7, 11) is 13.1. The van der Waals surface area contributed by atoms with Crippen LogP contribution in [0.2, 0.25) is 0 Å². The molecule has 0 bridgehead atoms. The maximum absolute atomic E-state index is 9.00. The van der Waals surface area contributed by atoms with Crippen LogP contribution in [0.4, 0.5) is 0 Å². The molecule has 0 spiro atoms. The summed E-state index contributed by atoms with van der Waals surface area (Å²) in [6.45, 7) is 24.8. The van der Waals surface area contributed by atoms with Crippen LogP contribution in [-0.4, -0.2) is 167 Å². The van der Waals surface area contributed by atoms with E-state index >= 15 is 0 Å². The van der Waals surface area contributed by atoms with E-state index in [-0.39, 0.29) is 40.8 Å². The summed E-state index contributed by atoms with van der Waals surface area (Å²) < 4.78 is 72.4. The Balaban J connectivity index is -0.000000363. The van der Waals surface area contributed by atoms with Crippen LogP contribution in [0.3, 0.4) is 0 Å². The Morgan fingerprint density at radius 2 is 0.653 bits per heavy atom. The van der Waals surface area contributed by atoms with Crippen LogP contribution in [0, 0.1) is 0 Å². The first-order valence-electron chi connectivity index (χ1n) is 28.0. The molecular weight excluding hydrogens is 1620 g/mol. The standard InChI is InChI=1S/C24H29BrO6.C14H18O3.C12H17NO.C10H12Br2O3.4C2H4O2.2Pd/c1-6-17-13-22(30-11-9-26-2)18(14-21(17)28-4)7-8-19-15-24(29-5)20(25)16-23(19)31-12-10-27-3;1-5-11-10-14(17-8-7-15-3)12(6-2)9-13(11)16-4;1-2-11-5-7-12(8-6-11)14-10-4-3-9-13;1-13-3-4-15-10-6-7(11)9(14-2)5-8(10)12;4*1-2(3)4;;/h6-8,13-16H,1,9-12H2,2-5H3;5-6,9-10H,1-2,7-8H2,3-4H3;2,5-8H,1,3-4,9-10,13H2;5-6H,3-4H2,1-2H3;4*1H3,(H,3,4);;/b8-7+;;;;;;;;;. The summed E-state index contributed by atoms with van der Waals surface area (Å²) in [5, 5.41) is 29.7. The first kappa shape index (κ1) is 97.1. The monoisotopic (exact) mass is 1710 g/mol. The number of unbranched alkanes of at least 4 members (excludes halogenated alkanes) is 1. The zero-order chi connectivity index (χ0) is 71.1. The first-order chi connectivity index (χ1) is 44.3. The number of halogens is 3. The third-order valence-corrected chi connectivity index (χ3v) is 12.3. The summed E-state index contributed by atoms with van der Waals surface area (Å²) in [6, 6.07) is 23.0. The molecule has 0 amide bonds. The molecule has 0 aliphatic carbocycles. The van der Waals surface area contributed by atoms with Crippen molar-refractivity contribution in [2.24, 2.45) is 5.73 Å². The van der Waals surface area contributed by atoms with E-state index < -0.39 is 23.9 Å². The van der Waals surface area contributed by atoms with Crippen LogP contribution in [0.5, 0.6) is 51.7 Å². The van der Waals surface area contributed by atoms with Gasteiger partial charge in [0.1, 0.15) is 78.2 Å². The molecule has 0 unspecified atom stereocenters. The van der Waals surface area contributed by atoms with E-state index in [0.29, 0.717) is 75.9 Å². The molecule has 27 heteroatoms. The largest absolute Gasteiger partial charge is 0.496 e. The third kappa shape index (κ3) is 48.7. The van der Waals surface area contributed by atoms with Gasteiger partial charge >= 0.3 is 0 Å². The van der Waals surface area contributed by atoms with E-state index in [1.807, 2.05) is 91.0 Å². The molecule has 0 aliphatic rings. The molecule has 0 fully saturated rings. The second kappa shape index (κ2) is 62.3. The molecule has 0 heterocycles. The minimum absolute atomic E-state index is 0. The number of rotatable bonds is 31. The van der Waals surface area contributed by atoms with E-state index in [4.69, 9.17) is 107 Å². The smallest absolute Gasteiger partial charge is 0.300 e. The Morgan fingerprint density at radius 3 is 0.989 bits per heavy atom. The van der Waals surface area contributed by atoms with Gasteiger partial charge in [-0.05, 0) is 133 Å². The Kier molecular flexibility index (Phi) is 63.7. The van der Waals surface area contributed by atoms with Crippen LogP contribution >= 0.6 is 47.8 Å². The summed E-state index contributed by atoms with van der Waals surface area (Å²) in [6.07, 6.45) is 12.9. The maximum atomic E-state index is 9.00. The molecule has 0 saturated carbocycles. The number of aliphatic carboxylic acids is 4. The average Bonchev–Trinajstić information content (AvgIpc) is 1.03. The predicted octanol–water partition coefficient (Wildman–Crippen LogP) is 14.4. The van der Waals surface area contributed by atoms with Crippen LogP contribution in [0.1, 0.15) is 73.9 Å². The normalized spacial score (nSPS) is 9.39. The third-order valence-electron chi connectivity index (χ3n) is 10.5. The zero-order valence-electron chi connectivity index (χ0n) is 55.8. The fourth-order valence-electron chi connectivity index (χ4n) is 6.39. The molecule has 0 atom stereocenters. The fourth-order valence-corrected chi connectivity index (χ4v) is 7.80. The number of methoxy groups -OCH3 is 8. The van der Waals surface area contributed by atoms with Crippen molar-refractivity contribution in [2.45, 2.75) is 40.5 Å². The van der Waals surface area contributed by atoms with E-state index in [9.17, 15) is 0 Å². The minimum atomic E-state index is -0.833. The molecule has 536 valence electrons. The Labute approximate surface area is 612 Å². The number of nitrogens with two attached hydrogens (primary N) is 1. The summed E-state index contributed by atoms with van der Waals surface area (Å²) in [5.74, 6) is 3.44. The van der Waals surface area contributed by atoms with Crippen LogP contribution < -0.4 is 48.4 Å². The Morgan fingerprint density at radius 1 is 0.379 bits per heavy atom. The van der Waals surface area contributed by atoms with Gasteiger partial charge in [-0.1, -0.05) is 74.9 Å². The second-order valence-electron chi connectivity index (χ2n) is 17.7. The van der Waals surface area contributed by atoms with E-state index in [1.165, 1.54) is 0 Å². The molecule has 5 rings (SSSR count). The number of hydrogen-bond donors (Lipinski definition) is 5. The Hall–Kier alpha value is -6.56. The number of carboxylic acid groups (broad SMARTS) is 4. The average molecular weight is 1710 g/mol. The van der Waals surface area contributed by atoms with Crippen LogP contribution in [0.25, 0.3) is 36.5 Å². The molecule has 0 radical (unpaired) electrons. The van der Waals surface area contributed by atoms with Gasteiger partial charge in [-0.2, -0.15) is 0 Å². The van der Waals surface area contributed by atoms with Crippen molar-refractivity contribution < 1.29 is 142 Å². The van der Waals surface area contributed by atoms with Crippen molar-refractivity contribution in [1.82, 2.24) is 0 Å². The maximum Gasteiger partial charge on any atom is 0.300 e. The van der Waals surface area contributed by atoms with Crippen molar-refractivity contribution >= 4 is 108 Å². The minimum Gasteiger partial charge on any atom is -0.496 e. The quantitative estimate of drug-likeness (QED) is 0.0156. The number of ether oxygens (including phenoxy) is 13. The molecule has 5 aromatic carbocycles. The Bertz CT molecular complexity index is 2940. The summed E-state index contributed by atoms with van der Waals surface area (Å²) in [5.41, 5.74) is 10.8. The van der Waals surface area contributed by atoms with Gasteiger partial charge in [0.15, 0.2) is 0 Å².